The van der Waals surface area contributed by atoms with Crippen LogP contribution in [0.15, 0.2) is 71.0 Å². The number of hydrogen-bond donors (Lipinski definition) is 0. The largest absolute Gasteiger partial charge is 0.716 e. The van der Waals surface area contributed by atoms with E-state index >= 15 is 0 Å². The Labute approximate surface area is 156 Å². The van der Waals surface area contributed by atoms with Crippen molar-refractivity contribution in [3.05, 3.63) is 71.6 Å². The van der Waals surface area contributed by atoms with Crippen LogP contribution in [0.1, 0.15) is 10.4 Å². The summed E-state index contributed by atoms with van der Waals surface area (Å²) in [6.45, 7) is 0. The van der Waals surface area contributed by atoms with E-state index in [2.05, 4.69) is 27.1 Å². The van der Waals surface area contributed by atoms with Gasteiger partial charge in [-0.3, -0.25) is 4.79 Å². The van der Waals surface area contributed by atoms with E-state index in [1.807, 2.05) is 38.4 Å². The van der Waals surface area contributed by atoms with Gasteiger partial charge in [0, 0.05) is 16.5 Å². The molecule has 1 heterocycles. The van der Waals surface area contributed by atoms with E-state index in [1.165, 1.54) is 0 Å². The van der Waals surface area contributed by atoms with Crippen molar-refractivity contribution in [2.24, 2.45) is 12.0 Å². The number of anilines is 1. The fourth-order valence-electron chi connectivity index (χ4n) is 2.43. The lowest BCUT2D eigenvalue weighted by Crippen LogP contribution is -2.38. The molecule has 0 aliphatic rings. The average molecular weight is 367 g/mol. The van der Waals surface area contributed by atoms with Crippen molar-refractivity contribution >= 4 is 40.2 Å². The predicted molar refractivity (Wildman–Crippen MR) is 105 cm³/mol. The van der Waals surface area contributed by atoms with Crippen molar-refractivity contribution < 1.29 is 9.36 Å². The second-order valence-corrected chi connectivity index (χ2v) is 6.65. The number of amides is 1. The smallest absolute Gasteiger partial charge is 0.340 e. The van der Waals surface area contributed by atoms with Gasteiger partial charge in [0.2, 0.25) is 0 Å². The first kappa shape index (κ1) is 17.3. The summed E-state index contributed by atoms with van der Waals surface area (Å²) in [5.74, 6) is -0.333. The van der Waals surface area contributed by atoms with E-state index in [0.29, 0.717) is 5.56 Å². The van der Waals surface area contributed by atoms with Gasteiger partial charge < -0.3 is 12.6 Å². The van der Waals surface area contributed by atoms with Crippen LogP contribution in [0.2, 0.25) is 0 Å². The van der Waals surface area contributed by atoms with Crippen LogP contribution in [0.5, 0.6) is 0 Å². The van der Waals surface area contributed by atoms with Crippen molar-refractivity contribution in [2.45, 2.75) is 0 Å². The number of hydrogen-bond acceptors (Lipinski definition) is 3. The summed E-state index contributed by atoms with van der Waals surface area (Å²) >= 11 is 6.91. The molecular weight excluding hydrogens is 350 g/mol. The van der Waals surface area contributed by atoms with E-state index in [4.69, 9.17) is 12.6 Å². The zero-order valence-corrected chi connectivity index (χ0v) is 15.6. The van der Waals surface area contributed by atoms with Crippen LogP contribution in [0.3, 0.4) is 0 Å². The SMILES string of the molecule is CN(C([S-])=NC(=O)c1ccccc1)c1scc(-c2ccccc2)[n+]1C. The lowest BCUT2D eigenvalue weighted by molar-refractivity contribution is -0.642. The Hall–Kier alpha value is -2.57. The van der Waals surface area contributed by atoms with Crippen LogP contribution in [0.25, 0.3) is 11.3 Å². The lowest BCUT2D eigenvalue weighted by Gasteiger charge is -2.16. The van der Waals surface area contributed by atoms with Crippen LogP contribution >= 0.6 is 11.3 Å². The number of carbonyl (C=O) groups excluding carboxylic acids is 1. The fourth-order valence-corrected chi connectivity index (χ4v) is 3.67. The zero-order chi connectivity index (χ0) is 17.8. The molecule has 4 nitrogen and oxygen atoms in total. The van der Waals surface area contributed by atoms with E-state index < -0.39 is 0 Å². The Morgan fingerprint density at radius 2 is 1.68 bits per heavy atom. The summed E-state index contributed by atoms with van der Waals surface area (Å²) in [6.07, 6.45) is 0. The second-order valence-electron chi connectivity index (χ2n) is 5.45. The number of aromatic nitrogens is 1. The highest BCUT2D eigenvalue weighted by atomic mass is 32.1. The second kappa shape index (κ2) is 7.55. The Bertz CT molecular complexity index is 905. The van der Waals surface area contributed by atoms with E-state index in [-0.39, 0.29) is 11.1 Å². The minimum Gasteiger partial charge on any atom is -0.716 e. The summed E-state index contributed by atoms with van der Waals surface area (Å²) in [4.78, 5) is 18.0. The molecule has 0 saturated heterocycles. The van der Waals surface area contributed by atoms with Crippen LogP contribution in [0.4, 0.5) is 5.13 Å². The van der Waals surface area contributed by atoms with Crippen LogP contribution < -0.4 is 9.47 Å². The molecule has 0 N–H and O–H groups in total. The van der Waals surface area contributed by atoms with Crippen LogP contribution in [-0.4, -0.2) is 18.1 Å². The molecule has 3 rings (SSSR count). The molecule has 1 aromatic heterocycles. The first-order valence-electron chi connectivity index (χ1n) is 7.69. The quantitative estimate of drug-likeness (QED) is 0.308. The minimum atomic E-state index is -0.333. The minimum absolute atomic E-state index is 0.242. The highest BCUT2D eigenvalue weighted by Gasteiger charge is 2.20. The number of nitrogens with zero attached hydrogens (tertiary/aromatic N) is 3. The van der Waals surface area contributed by atoms with Crippen molar-refractivity contribution in [3.63, 3.8) is 0 Å². The summed E-state index contributed by atoms with van der Waals surface area (Å²) in [6, 6.07) is 19.1. The van der Waals surface area contributed by atoms with Gasteiger partial charge in [0.1, 0.15) is 5.69 Å². The molecule has 126 valence electrons. The molecule has 25 heavy (non-hydrogen) atoms. The molecule has 0 aliphatic carbocycles. The van der Waals surface area contributed by atoms with Crippen molar-refractivity contribution in [3.8, 4) is 11.3 Å². The van der Waals surface area contributed by atoms with Gasteiger partial charge in [-0.1, -0.05) is 59.9 Å². The van der Waals surface area contributed by atoms with Gasteiger partial charge in [0.25, 0.3) is 5.91 Å². The highest BCUT2D eigenvalue weighted by molar-refractivity contribution is 7.78. The first-order chi connectivity index (χ1) is 12.1. The zero-order valence-electron chi connectivity index (χ0n) is 13.9. The molecule has 1 amide bonds. The maximum Gasteiger partial charge on any atom is 0.340 e. The first-order valence-corrected chi connectivity index (χ1v) is 8.98. The topological polar surface area (TPSA) is 36.6 Å². The normalized spacial score (nSPS) is 11.4. The molecule has 0 saturated carbocycles. The molecule has 0 spiro atoms. The van der Waals surface area contributed by atoms with Crippen LogP contribution in [-0.2, 0) is 19.7 Å². The molecule has 0 aliphatic heterocycles. The monoisotopic (exact) mass is 367 g/mol. The van der Waals surface area contributed by atoms with Gasteiger partial charge in [-0.15, -0.1) is 0 Å². The molecule has 0 atom stereocenters. The third kappa shape index (κ3) is 3.75. The van der Waals surface area contributed by atoms with Gasteiger partial charge in [-0.25, -0.2) is 9.47 Å². The molecule has 0 bridgehead atoms. The number of benzene rings is 2. The fraction of sp³-hybridized carbons (Fsp3) is 0.105. The van der Waals surface area contributed by atoms with Gasteiger partial charge in [-0.05, 0) is 12.1 Å². The molecule has 3 aromatic rings. The number of aliphatic imine (C=N–C) groups is 1. The molecule has 2 aromatic carbocycles. The number of carbonyl (C=O) groups is 1. The molecule has 0 fully saturated rings. The summed E-state index contributed by atoms with van der Waals surface area (Å²) in [5.41, 5.74) is 2.74. The van der Waals surface area contributed by atoms with Crippen LogP contribution in [0, 0.1) is 0 Å². The molecule has 0 radical (unpaired) electrons. The Balaban J connectivity index is 1.86. The van der Waals surface area contributed by atoms with Gasteiger partial charge >= 0.3 is 5.13 Å². The van der Waals surface area contributed by atoms with Gasteiger partial charge in [-0.2, -0.15) is 4.99 Å². The lowest BCUT2D eigenvalue weighted by atomic mass is 10.2. The number of rotatable bonds is 3. The third-order valence-corrected chi connectivity index (χ3v) is 5.25. The summed E-state index contributed by atoms with van der Waals surface area (Å²) in [5, 5.41) is 3.22. The van der Waals surface area contributed by atoms with E-state index in [1.54, 1.807) is 40.5 Å². The van der Waals surface area contributed by atoms with Crippen molar-refractivity contribution in [1.82, 2.24) is 0 Å². The van der Waals surface area contributed by atoms with E-state index in [0.717, 1.165) is 16.4 Å². The Morgan fingerprint density at radius 1 is 1.08 bits per heavy atom. The average Bonchev–Trinajstić information content (AvgIpc) is 3.03. The maximum absolute atomic E-state index is 12.2. The van der Waals surface area contributed by atoms with Gasteiger partial charge in [0.15, 0.2) is 0 Å². The molecule has 0 unspecified atom stereocenters. The van der Waals surface area contributed by atoms with Gasteiger partial charge in [0.05, 0.1) is 19.3 Å². The number of thiazole rings is 1. The maximum atomic E-state index is 12.2. The van der Waals surface area contributed by atoms with E-state index in [9.17, 15) is 4.79 Å². The predicted octanol–water partition coefficient (Wildman–Crippen LogP) is 3.42. The Morgan fingerprint density at radius 3 is 2.32 bits per heavy atom. The standard InChI is InChI=1S/C19H17N3OS2/c1-21-16(14-9-5-3-6-10-14)13-25-19(21)22(2)18(24)20-17(23)15-11-7-4-8-12-15/h3-13H,1-2H3. The number of amidine groups is 1. The molecule has 6 heteroatoms. The summed E-state index contributed by atoms with van der Waals surface area (Å²) in [7, 11) is 3.80. The Kier molecular flexibility index (Phi) is 5.21. The summed E-state index contributed by atoms with van der Waals surface area (Å²) < 4.78 is 2.05. The van der Waals surface area contributed by atoms with Crippen molar-refractivity contribution in [2.75, 3.05) is 11.9 Å². The highest BCUT2D eigenvalue weighted by Crippen LogP contribution is 2.24. The molecular formula is C19H17N3OS2. The van der Waals surface area contributed by atoms with Crippen molar-refractivity contribution in [1.29, 1.82) is 0 Å². The third-order valence-electron chi connectivity index (χ3n) is 3.79.